The molecule has 0 atom stereocenters. The van der Waals surface area contributed by atoms with E-state index < -0.39 is 0 Å². The molecule has 0 unspecified atom stereocenters. The summed E-state index contributed by atoms with van der Waals surface area (Å²) in [5, 5.41) is 8.68. The summed E-state index contributed by atoms with van der Waals surface area (Å²) in [5.41, 5.74) is 1.72. The number of ether oxygens (including phenoxy) is 1. The Morgan fingerprint density at radius 2 is 1.77 bits per heavy atom. The molecule has 0 radical (unpaired) electrons. The number of nitrogens with one attached hydrogen (secondary N) is 3. The molecule has 2 rings (SSSR count). The lowest BCUT2D eigenvalue weighted by atomic mass is 10.1. The Morgan fingerprint density at radius 3 is 2.45 bits per heavy atom. The molecule has 6 nitrogen and oxygen atoms in total. The summed E-state index contributed by atoms with van der Waals surface area (Å²) < 4.78 is 5.71. The first-order valence-electron chi connectivity index (χ1n) is 10.6. The first-order valence-corrected chi connectivity index (χ1v) is 11.0. The van der Waals surface area contributed by atoms with Gasteiger partial charge in [0.25, 0.3) is 11.8 Å². The Kier molecular flexibility index (Phi) is 9.97. The quantitative estimate of drug-likeness (QED) is 0.366. The van der Waals surface area contributed by atoms with Gasteiger partial charge in [0.1, 0.15) is 5.75 Å². The second-order valence-electron chi connectivity index (χ2n) is 7.65. The normalized spacial score (nSPS) is 10.5. The van der Waals surface area contributed by atoms with E-state index in [1.54, 1.807) is 42.5 Å². The van der Waals surface area contributed by atoms with Crippen molar-refractivity contribution in [2.75, 3.05) is 18.5 Å². The lowest BCUT2D eigenvalue weighted by Gasteiger charge is -2.12. The van der Waals surface area contributed by atoms with E-state index in [0.29, 0.717) is 41.6 Å². The van der Waals surface area contributed by atoms with E-state index in [4.69, 9.17) is 17.0 Å². The Bertz CT molecular complexity index is 882. The number of hydrogen-bond donors (Lipinski definition) is 3. The van der Waals surface area contributed by atoms with Crippen LogP contribution in [0.15, 0.2) is 48.5 Å². The number of anilines is 1. The van der Waals surface area contributed by atoms with Gasteiger partial charge in [0.05, 0.1) is 6.61 Å². The minimum atomic E-state index is -0.321. The summed E-state index contributed by atoms with van der Waals surface area (Å²) in [6.45, 7) is 7.62. The summed E-state index contributed by atoms with van der Waals surface area (Å²) in [6.07, 6.45) is 2.93. The standard InChI is InChI=1S/C24H31N3O3S/c1-4-5-14-25-22(28)18-9-11-20(12-10-18)26-24(31)27-23(29)19-7-6-8-21(16-19)30-15-13-17(2)3/h6-12,16-17H,4-5,13-15H2,1-3H3,(H,25,28)(H2,26,27,29,31). The number of rotatable bonds is 10. The van der Waals surface area contributed by atoms with Crippen molar-refractivity contribution in [2.45, 2.75) is 40.0 Å². The van der Waals surface area contributed by atoms with Gasteiger partial charge in [-0.2, -0.15) is 0 Å². The first-order chi connectivity index (χ1) is 14.9. The van der Waals surface area contributed by atoms with E-state index in [9.17, 15) is 9.59 Å². The molecule has 2 amide bonds. The molecule has 0 aliphatic heterocycles. The van der Waals surface area contributed by atoms with Crippen LogP contribution in [-0.4, -0.2) is 30.1 Å². The van der Waals surface area contributed by atoms with Gasteiger partial charge in [-0.25, -0.2) is 0 Å². The highest BCUT2D eigenvalue weighted by molar-refractivity contribution is 7.80. The van der Waals surface area contributed by atoms with Crippen LogP contribution in [-0.2, 0) is 0 Å². The minimum absolute atomic E-state index is 0.105. The summed E-state index contributed by atoms with van der Waals surface area (Å²) in [6, 6.07) is 13.9. The van der Waals surface area contributed by atoms with Crippen LogP contribution in [0, 0.1) is 5.92 Å². The average molecular weight is 442 g/mol. The van der Waals surface area contributed by atoms with E-state index in [1.165, 1.54) is 0 Å². The highest BCUT2D eigenvalue weighted by Gasteiger charge is 2.10. The molecule has 7 heteroatoms. The van der Waals surface area contributed by atoms with Crippen LogP contribution in [0.1, 0.15) is 60.7 Å². The number of amides is 2. The molecule has 0 bridgehead atoms. The van der Waals surface area contributed by atoms with Gasteiger partial charge in [-0.1, -0.05) is 33.3 Å². The van der Waals surface area contributed by atoms with Crippen LogP contribution in [0.3, 0.4) is 0 Å². The van der Waals surface area contributed by atoms with Crippen LogP contribution < -0.4 is 20.7 Å². The van der Waals surface area contributed by atoms with Gasteiger partial charge in [0, 0.05) is 23.4 Å². The second-order valence-corrected chi connectivity index (χ2v) is 8.06. The van der Waals surface area contributed by atoms with Crippen LogP contribution in [0.25, 0.3) is 0 Å². The van der Waals surface area contributed by atoms with Gasteiger partial charge < -0.3 is 15.4 Å². The molecule has 0 fully saturated rings. The summed E-state index contributed by atoms with van der Waals surface area (Å²) in [4.78, 5) is 24.6. The largest absolute Gasteiger partial charge is 0.494 e. The van der Waals surface area contributed by atoms with Gasteiger partial charge in [0.15, 0.2) is 5.11 Å². The van der Waals surface area contributed by atoms with Crippen LogP contribution in [0.5, 0.6) is 5.75 Å². The van der Waals surface area contributed by atoms with Crippen molar-refractivity contribution in [2.24, 2.45) is 5.92 Å². The molecule has 0 saturated heterocycles. The SMILES string of the molecule is CCCCNC(=O)c1ccc(NC(=S)NC(=O)c2cccc(OCCC(C)C)c2)cc1. The molecule has 166 valence electrons. The fourth-order valence-electron chi connectivity index (χ4n) is 2.66. The van der Waals surface area contributed by atoms with Crippen LogP contribution in [0.2, 0.25) is 0 Å². The maximum absolute atomic E-state index is 12.5. The molecule has 0 aliphatic carbocycles. The zero-order valence-electron chi connectivity index (χ0n) is 18.4. The number of thiocarbonyl (C=S) groups is 1. The van der Waals surface area contributed by atoms with E-state index >= 15 is 0 Å². The van der Waals surface area contributed by atoms with Crippen molar-refractivity contribution in [3.8, 4) is 5.75 Å². The van der Waals surface area contributed by atoms with Crippen molar-refractivity contribution in [3.05, 3.63) is 59.7 Å². The third-order valence-corrected chi connectivity index (χ3v) is 4.71. The van der Waals surface area contributed by atoms with Gasteiger partial charge in [-0.05, 0) is 73.4 Å². The van der Waals surface area contributed by atoms with Crippen molar-refractivity contribution in [3.63, 3.8) is 0 Å². The van der Waals surface area contributed by atoms with Crippen molar-refractivity contribution in [1.82, 2.24) is 10.6 Å². The highest BCUT2D eigenvalue weighted by Crippen LogP contribution is 2.15. The maximum atomic E-state index is 12.5. The summed E-state index contributed by atoms with van der Waals surface area (Å²) in [5.74, 6) is 0.782. The van der Waals surface area contributed by atoms with Crippen molar-refractivity contribution >= 4 is 34.8 Å². The number of unbranched alkanes of at least 4 members (excludes halogenated alkanes) is 1. The fraction of sp³-hybridized carbons (Fsp3) is 0.375. The molecule has 2 aromatic carbocycles. The second kappa shape index (κ2) is 12.7. The smallest absolute Gasteiger partial charge is 0.257 e. The topological polar surface area (TPSA) is 79.5 Å². The third-order valence-electron chi connectivity index (χ3n) is 4.51. The minimum Gasteiger partial charge on any atom is -0.494 e. The molecule has 0 spiro atoms. The number of hydrogen-bond acceptors (Lipinski definition) is 4. The van der Waals surface area contributed by atoms with Crippen LogP contribution in [0.4, 0.5) is 5.69 Å². The Morgan fingerprint density at radius 1 is 1.03 bits per heavy atom. The lowest BCUT2D eigenvalue weighted by molar-refractivity contribution is 0.0950. The maximum Gasteiger partial charge on any atom is 0.257 e. The molecule has 0 heterocycles. The fourth-order valence-corrected chi connectivity index (χ4v) is 2.87. The highest BCUT2D eigenvalue weighted by atomic mass is 32.1. The lowest BCUT2D eigenvalue weighted by Crippen LogP contribution is -2.34. The van der Waals surface area contributed by atoms with E-state index in [1.807, 2.05) is 6.07 Å². The molecule has 0 aliphatic rings. The predicted molar refractivity (Wildman–Crippen MR) is 129 cm³/mol. The zero-order valence-corrected chi connectivity index (χ0v) is 19.2. The molecular formula is C24H31N3O3S. The molecule has 0 saturated carbocycles. The summed E-state index contributed by atoms with van der Waals surface area (Å²) >= 11 is 5.25. The van der Waals surface area contributed by atoms with Crippen LogP contribution >= 0.6 is 12.2 Å². The predicted octanol–water partition coefficient (Wildman–Crippen LogP) is 4.77. The Labute approximate surface area is 189 Å². The van der Waals surface area contributed by atoms with Gasteiger partial charge in [-0.15, -0.1) is 0 Å². The number of benzene rings is 2. The molecular weight excluding hydrogens is 410 g/mol. The van der Waals surface area contributed by atoms with Gasteiger partial charge >= 0.3 is 0 Å². The zero-order chi connectivity index (χ0) is 22.6. The summed E-state index contributed by atoms with van der Waals surface area (Å²) in [7, 11) is 0. The molecule has 31 heavy (non-hydrogen) atoms. The Balaban J connectivity index is 1.86. The van der Waals surface area contributed by atoms with Gasteiger partial charge in [-0.3, -0.25) is 14.9 Å². The average Bonchev–Trinajstić information content (AvgIpc) is 2.74. The molecule has 0 aromatic heterocycles. The molecule has 2 aromatic rings. The number of carbonyl (C=O) groups is 2. The number of carbonyl (C=O) groups excluding carboxylic acids is 2. The molecule has 3 N–H and O–H groups in total. The first kappa shape index (κ1) is 24.3. The monoisotopic (exact) mass is 441 g/mol. The van der Waals surface area contributed by atoms with Gasteiger partial charge in [0.2, 0.25) is 0 Å². The Hall–Kier alpha value is -2.93. The van der Waals surface area contributed by atoms with Crippen molar-refractivity contribution in [1.29, 1.82) is 0 Å². The van der Waals surface area contributed by atoms with E-state index in [-0.39, 0.29) is 16.9 Å². The van der Waals surface area contributed by atoms with E-state index in [2.05, 4.69) is 36.7 Å². The third kappa shape index (κ3) is 8.76. The van der Waals surface area contributed by atoms with E-state index in [0.717, 1.165) is 19.3 Å². The van der Waals surface area contributed by atoms with Crippen molar-refractivity contribution < 1.29 is 14.3 Å².